The van der Waals surface area contributed by atoms with Gasteiger partial charge in [-0.2, -0.15) is 0 Å². The number of rotatable bonds is 4. The van der Waals surface area contributed by atoms with E-state index < -0.39 is 0 Å². The summed E-state index contributed by atoms with van der Waals surface area (Å²) in [5.74, 6) is 0.472. The molecule has 1 aromatic rings. The summed E-state index contributed by atoms with van der Waals surface area (Å²) in [5, 5.41) is 12.4. The monoisotopic (exact) mass is 335 g/mol. The Bertz CT molecular complexity index is 649. The van der Waals surface area contributed by atoms with Crippen molar-refractivity contribution < 1.29 is 19.1 Å². The van der Waals surface area contributed by atoms with Gasteiger partial charge in [0.2, 0.25) is 0 Å². The zero-order valence-electron chi connectivity index (χ0n) is 15.6. The van der Waals surface area contributed by atoms with Crippen molar-refractivity contribution in [2.24, 2.45) is 10.8 Å². The van der Waals surface area contributed by atoms with Gasteiger partial charge in [0.25, 0.3) is 5.91 Å². The topological polar surface area (TPSA) is 79.5 Å². The number of Topliss-reactive ketones (excluding diaryl/α,β-unsaturated/α-hetero) is 1. The second kappa shape index (κ2) is 6.36. The zero-order chi connectivity index (χ0) is 18.3. The molecule has 0 aromatic carbocycles. The van der Waals surface area contributed by atoms with Crippen molar-refractivity contribution in [2.75, 3.05) is 6.61 Å². The van der Waals surface area contributed by atoms with Crippen LogP contribution in [-0.2, 0) is 6.42 Å². The largest absolute Gasteiger partial charge is 0.455 e. The molecule has 1 amide bonds. The summed E-state index contributed by atoms with van der Waals surface area (Å²) >= 11 is 0. The van der Waals surface area contributed by atoms with Crippen molar-refractivity contribution in [3.63, 3.8) is 0 Å². The highest BCUT2D eigenvalue weighted by molar-refractivity contribution is 6.03. The number of aliphatic hydroxyl groups is 1. The number of nitrogens with one attached hydrogen (secondary N) is 1. The zero-order valence-corrected chi connectivity index (χ0v) is 15.6. The van der Waals surface area contributed by atoms with Gasteiger partial charge in [0, 0.05) is 18.4 Å². The van der Waals surface area contributed by atoms with E-state index in [1.54, 1.807) is 6.92 Å². The summed E-state index contributed by atoms with van der Waals surface area (Å²) < 4.78 is 5.77. The molecule has 0 saturated heterocycles. The van der Waals surface area contributed by atoms with Gasteiger partial charge in [0.05, 0.1) is 18.2 Å². The van der Waals surface area contributed by atoms with E-state index in [2.05, 4.69) is 26.1 Å². The van der Waals surface area contributed by atoms with Crippen molar-refractivity contribution in [3.8, 4) is 0 Å². The van der Waals surface area contributed by atoms with E-state index >= 15 is 0 Å². The first-order valence-corrected chi connectivity index (χ1v) is 8.51. The molecule has 1 aromatic heterocycles. The third-order valence-electron chi connectivity index (χ3n) is 4.40. The molecular formula is C19H29NO4. The lowest BCUT2D eigenvalue weighted by Crippen LogP contribution is -2.40. The van der Waals surface area contributed by atoms with Crippen molar-refractivity contribution in [2.45, 2.75) is 66.8 Å². The maximum Gasteiger partial charge on any atom is 0.287 e. The molecule has 24 heavy (non-hydrogen) atoms. The normalized spacial score (nSPS) is 18.2. The van der Waals surface area contributed by atoms with Crippen LogP contribution in [0, 0.1) is 17.8 Å². The van der Waals surface area contributed by atoms with Gasteiger partial charge in [-0.3, -0.25) is 9.59 Å². The lowest BCUT2D eigenvalue weighted by Gasteiger charge is -2.27. The Kier molecular flexibility index (Phi) is 4.96. The summed E-state index contributed by atoms with van der Waals surface area (Å²) in [5.41, 5.74) is 1.01. The number of carbonyl (C=O) groups excluding carboxylic acids is 2. The maximum absolute atomic E-state index is 12.6. The predicted octanol–water partition coefficient (Wildman–Crippen LogP) is 3.27. The van der Waals surface area contributed by atoms with Crippen LogP contribution >= 0.6 is 0 Å². The van der Waals surface area contributed by atoms with Crippen LogP contribution in [0.15, 0.2) is 4.42 Å². The molecule has 1 heterocycles. The summed E-state index contributed by atoms with van der Waals surface area (Å²) in [4.78, 5) is 25.0. The highest BCUT2D eigenvalue weighted by Gasteiger charge is 2.37. The van der Waals surface area contributed by atoms with Gasteiger partial charge < -0.3 is 14.8 Å². The first-order valence-electron chi connectivity index (χ1n) is 8.51. The molecule has 5 heteroatoms. The Morgan fingerprint density at radius 3 is 2.50 bits per heavy atom. The highest BCUT2D eigenvalue weighted by Crippen LogP contribution is 2.38. The van der Waals surface area contributed by atoms with E-state index in [0.717, 1.165) is 0 Å². The predicted molar refractivity (Wildman–Crippen MR) is 92.3 cm³/mol. The molecule has 1 aliphatic carbocycles. The summed E-state index contributed by atoms with van der Waals surface area (Å²) in [7, 11) is 0. The Morgan fingerprint density at radius 2 is 1.96 bits per heavy atom. The molecule has 0 saturated carbocycles. The van der Waals surface area contributed by atoms with Crippen LogP contribution in [0.25, 0.3) is 0 Å². The van der Waals surface area contributed by atoms with Gasteiger partial charge >= 0.3 is 0 Å². The van der Waals surface area contributed by atoms with Gasteiger partial charge in [-0.15, -0.1) is 0 Å². The minimum Gasteiger partial charge on any atom is -0.455 e. The molecule has 0 aliphatic heterocycles. The number of amides is 1. The quantitative estimate of drug-likeness (QED) is 0.885. The first kappa shape index (κ1) is 18.7. The molecule has 0 radical (unpaired) electrons. The van der Waals surface area contributed by atoms with Gasteiger partial charge in [-0.1, -0.05) is 34.6 Å². The van der Waals surface area contributed by atoms with Crippen LogP contribution in [0.2, 0.25) is 0 Å². The van der Waals surface area contributed by atoms with E-state index in [9.17, 15) is 14.7 Å². The first-order chi connectivity index (χ1) is 10.9. The fraction of sp³-hybridized carbons (Fsp3) is 0.684. The number of carbonyl (C=O) groups is 2. The highest BCUT2D eigenvalue weighted by atomic mass is 16.4. The number of furan rings is 1. The van der Waals surface area contributed by atoms with E-state index in [1.807, 2.05) is 13.8 Å². The average Bonchev–Trinajstić information content (AvgIpc) is 2.71. The third kappa shape index (κ3) is 4.07. The van der Waals surface area contributed by atoms with Gasteiger partial charge in [0.15, 0.2) is 11.5 Å². The lowest BCUT2D eigenvalue weighted by molar-refractivity contribution is 0.0856. The molecule has 0 fully saturated rings. The van der Waals surface area contributed by atoms with Gasteiger partial charge in [0.1, 0.15) is 5.76 Å². The Hall–Kier alpha value is -1.62. The molecule has 5 nitrogen and oxygen atoms in total. The van der Waals surface area contributed by atoms with Crippen molar-refractivity contribution in [1.29, 1.82) is 0 Å². The molecule has 2 N–H and O–H groups in total. The summed E-state index contributed by atoms with van der Waals surface area (Å²) in [6, 6.07) is -0.342. The van der Waals surface area contributed by atoms with Crippen LogP contribution in [0.4, 0.5) is 0 Å². The molecule has 1 aliphatic rings. The Morgan fingerprint density at radius 1 is 1.33 bits per heavy atom. The van der Waals surface area contributed by atoms with Crippen LogP contribution in [0.3, 0.4) is 0 Å². The van der Waals surface area contributed by atoms with E-state index in [4.69, 9.17) is 4.42 Å². The molecular weight excluding hydrogens is 306 g/mol. The molecule has 1 atom stereocenters. The third-order valence-corrected chi connectivity index (χ3v) is 4.40. The summed E-state index contributed by atoms with van der Waals surface area (Å²) in [6.45, 7) is 11.8. The van der Waals surface area contributed by atoms with Crippen LogP contribution in [0.1, 0.15) is 79.7 Å². The number of hydrogen-bond donors (Lipinski definition) is 2. The number of fused-ring (bicyclic) bond motifs is 1. The van der Waals surface area contributed by atoms with Gasteiger partial charge in [-0.25, -0.2) is 0 Å². The van der Waals surface area contributed by atoms with E-state index in [1.165, 1.54) is 0 Å². The molecule has 0 spiro atoms. The standard InChI is InChI=1S/C19H29NO4/c1-11-15-13(22)8-19(5,6)9-14(15)24-16(11)17(23)20-12(10-21)7-18(2,3)4/h12,21H,7-10H2,1-6H3,(H,20,23). The molecule has 134 valence electrons. The average molecular weight is 335 g/mol. The maximum atomic E-state index is 12.6. The van der Waals surface area contributed by atoms with Crippen molar-refractivity contribution in [3.05, 3.63) is 22.6 Å². The number of hydrogen-bond acceptors (Lipinski definition) is 4. The number of aliphatic hydroxyl groups excluding tert-OH is 1. The minimum absolute atomic E-state index is 0.0158. The number of ketones is 1. The Balaban J connectivity index is 2.24. The summed E-state index contributed by atoms with van der Waals surface area (Å²) in [6.07, 6.45) is 1.76. The van der Waals surface area contributed by atoms with Crippen molar-refractivity contribution in [1.82, 2.24) is 5.32 Å². The fourth-order valence-corrected chi connectivity index (χ4v) is 3.45. The van der Waals surface area contributed by atoms with Crippen LogP contribution in [0.5, 0.6) is 0 Å². The lowest BCUT2D eigenvalue weighted by atomic mass is 9.76. The SMILES string of the molecule is Cc1c(C(=O)NC(CO)CC(C)(C)C)oc2c1C(=O)CC(C)(C)C2. The molecule has 1 unspecified atom stereocenters. The Labute approximate surface area is 143 Å². The van der Waals surface area contributed by atoms with Crippen LogP contribution < -0.4 is 5.32 Å². The smallest absolute Gasteiger partial charge is 0.287 e. The minimum atomic E-state index is -0.365. The second-order valence-corrected chi connectivity index (χ2v) is 8.91. The second-order valence-electron chi connectivity index (χ2n) is 8.91. The van der Waals surface area contributed by atoms with Crippen LogP contribution in [-0.4, -0.2) is 29.4 Å². The fourth-order valence-electron chi connectivity index (χ4n) is 3.45. The van der Waals surface area contributed by atoms with Gasteiger partial charge in [-0.05, 0) is 24.2 Å². The van der Waals surface area contributed by atoms with E-state index in [-0.39, 0.29) is 40.9 Å². The van der Waals surface area contributed by atoms with Crippen molar-refractivity contribution >= 4 is 11.7 Å². The van der Waals surface area contributed by atoms with E-state index in [0.29, 0.717) is 36.1 Å². The molecule has 2 rings (SSSR count). The molecule has 0 bridgehead atoms.